The Morgan fingerprint density at radius 2 is 2.11 bits per heavy atom. The first-order valence-electron chi connectivity index (χ1n) is 6.80. The molecule has 2 rings (SSSR count). The Hall–Kier alpha value is -1.22. The average Bonchev–Trinajstić information content (AvgIpc) is 2.65. The molecule has 4 heteroatoms. The van der Waals surface area contributed by atoms with Gasteiger partial charge in [-0.25, -0.2) is 4.79 Å². The van der Waals surface area contributed by atoms with Gasteiger partial charge in [-0.05, 0) is 36.5 Å². The molecular formula is C15H20ClNO2. The Morgan fingerprint density at radius 1 is 1.37 bits per heavy atom. The summed E-state index contributed by atoms with van der Waals surface area (Å²) in [5.74, 6) is 0.249. The third-order valence-electron chi connectivity index (χ3n) is 3.18. The zero-order valence-electron chi connectivity index (χ0n) is 11.6. The zero-order chi connectivity index (χ0) is 14.0. The standard InChI is InChI=1S/C15H20ClNO2/c1-4-7-17-13-6-5-11(12(16)8-10(2)3)9-14(13)19-15(17)18/h5-6,9-10,12H,4,7-8H2,1-3H3. The molecule has 0 aliphatic carbocycles. The number of alkyl halides is 1. The molecule has 1 atom stereocenters. The van der Waals surface area contributed by atoms with Crippen LogP contribution >= 0.6 is 11.6 Å². The van der Waals surface area contributed by atoms with Crippen molar-refractivity contribution >= 4 is 22.7 Å². The number of hydrogen-bond acceptors (Lipinski definition) is 2. The highest BCUT2D eigenvalue weighted by atomic mass is 35.5. The van der Waals surface area contributed by atoms with Gasteiger partial charge in [0.25, 0.3) is 0 Å². The number of benzene rings is 1. The van der Waals surface area contributed by atoms with Crippen LogP contribution in [0, 0.1) is 5.92 Å². The summed E-state index contributed by atoms with van der Waals surface area (Å²) in [6, 6.07) is 5.81. The highest BCUT2D eigenvalue weighted by molar-refractivity contribution is 6.20. The van der Waals surface area contributed by atoms with Crippen LogP contribution in [0.15, 0.2) is 27.4 Å². The number of aryl methyl sites for hydroxylation is 1. The van der Waals surface area contributed by atoms with Crippen LogP contribution in [-0.4, -0.2) is 4.57 Å². The summed E-state index contributed by atoms with van der Waals surface area (Å²) in [5, 5.41) is -0.0378. The second-order valence-corrected chi connectivity index (χ2v) is 5.87. The molecule has 3 nitrogen and oxygen atoms in total. The second kappa shape index (κ2) is 5.83. The van der Waals surface area contributed by atoms with E-state index in [1.807, 2.05) is 25.1 Å². The fourth-order valence-electron chi connectivity index (χ4n) is 2.26. The number of fused-ring (bicyclic) bond motifs is 1. The first kappa shape index (κ1) is 14.2. The molecule has 0 saturated carbocycles. The highest BCUT2D eigenvalue weighted by Gasteiger charge is 2.14. The Balaban J connectivity index is 2.39. The van der Waals surface area contributed by atoms with Gasteiger partial charge in [0.05, 0.1) is 10.9 Å². The van der Waals surface area contributed by atoms with Gasteiger partial charge in [0.1, 0.15) is 0 Å². The van der Waals surface area contributed by atoms with E-state index in [2.05, 4.69) is 13.8 Å². The average molecular weight is 282 g/mol. The van der Waals surface area contributed by atoms with Crippen LogP contribution in [0.1, 0.15) is 44.6 Å². The van der Waals surface area contributed by atoms with Crippen LogP contribution in [0.4, 0.5) is 0 Å². The molecule has 0 amide bonds. The topological polar surface area (TPSA) is 35.1 Å². The molecule has 0 bridgehead atoms. The van der Waals surface area contributed by atoms with Crippen LogP contribution in [0.3, 0.4) is 0 Å². The molecule has 0 aliphatic heterocycles. The van der Waals surface area contributed by atoms with Gasteiger partial charge in [0.2, 0.25) is 0 Å². The van der Waals surface area contributed by atoms with E-state index in [4.69, 9.17) is 16.0 Å². The lowest BCUT2D eigenvalue weighted by atomic mass is 10.0. The van der Waals surface area contributed by atoms with Gasteiger partial charge in [-0.15, -0.1) is 11.6 Å². The van der Waals surface area contributed by atoms with Gasteiger partial charge in [-0.2, -0.15) is 0 Å². The summed E-state index contributed by atoms with van der Waals surface area (Å²) < 4.78 is 6.97. The lowest BCUT2D eigenvalue weighted by molar-refractivity contribution is 0.502. The molecule has 1 aromatic heterocycles. The Kier molecular flexibility index (Phi) is 4.35. The van der Waals surface area contributed by atoms with Gasteiger partial charge >= 0.3 is 5.76 Å². The number of hydrogen-bond donors (Lipinski definition) is 0. The summed E-state index contributed by atoms with van der Waals surface area (Å²) in [6.07, 6.45) is 1.81. The molecule has 0 aliphatic rings. The number of nitrogens with zero attached hydrogens (tertiary/aromatic N) is 1. The van der Waals surface area contributed by atoms with Crippen molar-refractivity contribution in [1.29, 1.82) is 0 Å². The third-order valence-corrected chi connectivity index (χ3v) is 3.61. The zero-order valence-corrected chi connectivity index (χ0v) is 12.4. The van der Waals surface area contributed by atoms with E-state index >= 15 is 0 Å². The molecule has 1 unspecified atom stereocenters. The van der Waals surface area contributed by atoms with Gasteiger partial charge in [0, 0.05) is 6.54 Å². The molecular weight excluding hydrogens is 262 g/mol. The monoisotopic (exact) mass is 281 g/mol. The smallest absolute Gasteiger partial charge is 0.408 e. The number of halogens is 1. The summed E-state index contributed by atoms with van der Waals surface area (Å²) in [5.41, 5.74) is 2.50. The van der Waals surface area contributed by atoms with Crippen molar-refractivity contribution in [2.24, 2.45) is 5.92 Å². The third kappa shape index (κ3) is 3.03. The summed E-state index contributed by atoms with van der Waals surface area (Å²) in [7, 11) is 0. The van der Waals surface area contributed by atoms with Crippen LogP contribution in [0.25, 0.3) is 11.1 Å². The van der Waals surface area contributed by atoms with Crippen LogP contribution in [0.5, 0.6) is 0 Å². The minimum absolute atomic E-state index is 0.0378. The maximum Gasteiger partial charge on any atom is 0.419 e. The van der Waals surface area contributed by atoms with Gasteiger partial charge in [-0.3, -0.25) is 4.57 Å². The molecule has 0 radical (unpaired) electrons. The molecule has 19 heavy (non-hydrogen) atoms. The van der Waals surface area contributed by atoms with Crippen molar-refractivity contribution in [1.82, 2.24) is 4.57 Å². The van der Waals surface area contributed by atoms with Crippen LogP contribution < -0.4 is 5.76 Å². The Labute approximate surface area is 118 Å². The summed E-state index contributed by atoms with van der Waals surface area (Å²) >= 11 is 6.38. The van der Waals surface area contributed by atoms with E-state index in [0.29, 0.717) is 18.0 Å². The Morgan fingerprint density at radius 3 is 2.74 bits per heavy atom. The minimum atomic E-state index is -0.288. The SMILES string of the molecule is CCCn1c(=O)oc2cc(C(Cl)CC(C)C)ccc21. The van der Waals surface area contributed by atoms with E-state index in [0.717, 1.165) is 23.9 Å². The molecule has 2 aromatic rings. The molecule has 104 valence electrons. The number of oxazole rings is 1. The molecule has 0 N–H and O–H groups in total. The van der Waals surface area contributed by atoms with Crippen molar-refractivity contribution in [3.63, 3.8) is 0 Å². The predicted molar refractivity (Wildman–Crippen MR) is 78.8 cm³/mol. The van der Waals surface area contributed by atoms with Crippen molar-refractivity contribution in [3.05, 3.63) is 34.3 Å². The van der Waals surface area contributed by atoms with Crippen molar-refractivity contribution < 1.29 is 4.42 Å². The lowest BCUT2D eigenvalue weighted by Crippen LogP contribution is -2.13. The summed E-state index contributed by atoms with van der Waals surface area (Å²) in [6.45, 7) is 7.01. The van der Waals surface area contributed by atoms with Gasteiger partial charge in [0.15, 0.2) is 5.58 Å². The Bertz CT molecular complexity index is 612. The van der Waals surface area contributed by atoms with Gasteiger partial charge in [-0.1, -0.05) is 26.8 Å². The number of rotatable bonds is 5. The number of aromatic nitrogens is 1. The lowest BCUT2D eigenvalue weighted by Gasteiger charge is -2.12. The molecule has 0 saturated heterocycles. The van der Waals surface area contributed by atoms with Crippen molar-refractivity contribution in [2.75, 3.05) is 0 Å². The molecule has 0 spiro atoms. The van der Waals surface area contributed by atoms with Crippen LogP contribution in [-0.2, 0) is 6.54 Å². The highest BCUT2D eigenvalue weighted by Crippen LogP contribution is 2.29. The van der Waals surface area contributed by atoms with E-state index in [1.54, 1.807) is 4.57 Å². The predicted octanol–water partition coefficient (Wildman–Crippen LogP) is 4.33. The molecule has 0 fully saturated rings. The summed E-state index contributed by atoms with van der Waals surface area (Å²) in [4.78, 5) is 11.8. The molecule has 1 aromatic carbocycles. The second-order valence-electron chi connectivity index (χ2n) is 5.34. The fourth-order valence-corrected chi connectivity index (χ4v) is 2.76. The van der Waals surface area contributed by atoms with Crippen molar-refractivity contribution in [3.8, 4) is 0 Å². The largest absolute Gasteiger partial charge is 0.419 e. The maximum atomic E-state index is 11.8. The van der Waals surface area contributed by atoms with E-state index < -0.39 is 0 Å². The normalized spacial score (nSPS) is 13.3. The minimum Gasteiger partial charge on any atom is -0.408 e. The van der Waals surface area contributed by atoms with Crippen LogP contribution in [0.2, 0.25) is 0 Å². The van der Waals surface area contributed by atoms with E-state index in [1.165, 1.54) is 0 Å². The fraction of sp³-hybridized carbons (Fsp3) is 0.533. The van der Waals surface area contributed by atoms with E-state index in [9.17, 15) is 4.79 Å². The van der Waals surface area contributed by atoms with Crippen molar-refractivity contribution in [2.45, 2.75) is 45.5 Å². The van der Waals surface area contributed by atoms with E-state index in [-0.39, 0.29) is 11.1 Å². The maximum absolute atomic E-state index is 11.8. The first-order chi connectivity index (χ1) is 9.02. The molecule has 1 heterocycles. The quantitative estimate of drug-likeness (QED) is 0.765. The first-order valence-corrected chi connectivity index (χ1v) is 7.24. The van der Waals surface area contributed by atoms with Gasteiger partial charge < -0.3 is 4.42 Å².